The van der Waals surface area contributed by atoms with Gasteiger partial charge in [0, 0.05) is 23.5 Å². The number of carbonyl (C=O) groups excluding carboxylic acids is 3. The maximum Gasteiger partial charge on any atom is 0.326 e. The van der Waals surface area contributed by atoms with Crippen molar-refractivity contribution in [3.8, 4) is 0 Å². The molecule has 9 N–H and O–H groups in total. The zero-order valence-corrected chi connectivity index (χ0v) is 18.3. The van der Waals surface area contributed by atoms with Crippen LogP contribution in [-0.2, 0) is 30.4 Å². The van der Waals surface area contributed by atoms with Crippen LogP contribution in [0.25, 0.3) is 10.9 Å². The number of aromatic nitrogens is 1. The average molecular weight is 477 g/mol. The summed E-state index contributed by atoms with van der Waals surface area (Å²) >= 11 is 0. The topological polar surface area (TPSA) is 224 Å². The van der Waals surface area contributed by atoms with E-state index in [9.17, 15) is 29.1 Å². The molecule has 0 saturated heterocycles. The van der Waals surface area contributed by atoms with Gasteiger partial charge in [0.05, 0.1) is 19.1 Å². The lowest BCUT2D eigenvalue weighted by Gasteiger charge is -2.25. The first-order chi connectivity index (χ1) is 16.0. The third kappa shape index (κ3) is 7.02. The Labute approximate surface area is 193 Å². The molecule has 0 aliphatic rings. The summed E-state index contributed by atoms with van der Waals surface area (Å²) in [4.78, 5) is 62.6. The number of aliphatic hydroxyl groups excluding tert-OH is 1. The van der Waals surface area contributed by atoms with Gasteiger partial charge in [0.1, 0.15) is 18.1 Å². The second kappa shape index (κ2) is 11.8. The number of hydrogen-bond donors (Lipinski definition) is 8. The van der Waals surface area contributed by atoms with Crippen LogP contribution in [0, 0.1) is 0 Å². The number of carbonyl (C=O) groups is 5. The van der Waals surface area contributed by atoms with Crippen LogP contribution in [0.3, 0.4) is 0 Å². The minimum absolute atomic E-state index is 0.0203. The Morgan fingerprint density at radius 2 is 1.68 bits per heavy atom. The number of aliphatic hydroxyl groups is 1. The fourth-order valence-electron chi connectivity index (χ4n) is 3.28. The molecular formula is C21H27N5O8. The van der Waals surface area contributed by atoms with Crippen molar-refractivity contribution >= 4 is 40.6 Å². The first kappa shape index (κ1) is 26.3. The van der Waals surface area contributed by atoms with Gasteiger partial charge in [-0.2, -0.15) is 0 Å². The van der Waals surface area contributed by atoms with Gasteiger partial charge in [-0.05, 0) is 18.6 Å². The lowest BCUT2D eigenvalue weighted by Crippen LogP contribution is -2.59. The number of benzene rings is 1. The number of aliphatic carboxylic acids is 2. The molecular weight excluding hydrogens is 450 g/mol. The van der Waals surface area contributed by atoms with E-state index in [1.54, 1.807) is 12.3 Å². The van der Waals surface area contributed by atoms with Crippen molar-refractivity contribution in [1.82, 2.24) is 20.9 Å². The number of nitrogens with two attached hydrogens (primary N) is 1. The van der Waals surface area contributed by atoms with E-state index >= 15 is 0 Å². The van der Waals surface area contributed by atoms with Gasteiger partial charge in [-0.1, -0.05) is 18.2 Å². The average Bonchev–Trinajstić information content (AvgIpc) is 3.18. The quantitative estimate of drug-likeness (QED) is 0.170. The molecule has 0 fully saturated rings. The van der Waals surface area contributed by atoms with E-state index in [0.29, 0.717) is 5.56 Å². The van der Waals surface area contributed by atoms with E-state index in [-0.39, 0.29) is 6.42 Å². The van der Waals surface area contributed by atoms with Crippen molar-refractivity contribution < 1.29 is 39.3 Å². The number of amides is 3. The fraction of sp³-hybridized carbons (Fsp3) is 0.381. The van der Waals surface area contributed by atoms with Gasteiger partial charge in [-0.3, -0.25) is 19.2 Å². The Morgan fingerprint density at radius 1 is 1.00 bits per heavy atom. The number of aromatic amines is 1. The van der Waals surface area contributed by atoms with Gasteiger partial charge in [0.25, 0.3) is 0 Å². The first-order valence-electron chi connectivity index (χ1n) is 10.3. The summed E-state index contributed by atoms with van der Waals surface area (Å²) in [6, 6.07) is 2.70. The van der Waals surface area contributed by atoms with Crippen molar-refractivity contribution in [3.63, 3.8) is 0 Å². The summed E-state index contributed by atoms with van der Waals surface area (Å²) in [5.74, 6) is -5.64. The maximum absolute atomic E-state index is 13.0. The van der Waals surface area contributed by atoms with E-state index in [2.05, 4.69) is 15.6 Å². The van der Waals surface area contributed by atoms with Crippen LogP contribution in [0.2, 0.25) is 0 Å². The molecule has 184 valence electrons. The molecule has 3 amide bonds. The van der Waals surface area contributed by atoms with E-state index in [1.165, 1.54) is 6.92 Å². The predicted molar refractivity (Wildman–Crippen MR) is 118 cm³/mol. The van der Waals surface area contributed by atoms with Gasteiger partial charge in [-0.25, -0.2) is 4.79 Å². The predicted octanol–water partition coefficient (Wildman–Crippen LogP) is -1.94. The van der Waals surface area contributed by atoms with Crippen LogP contribution in [0.1, 0.15) is 18.9 Å². The third-order valence-corrected chi connectivity index (χ3v) is 4.99. The highest BCUT2D eigenvalue weighted by molar-refractivity contribution is 5.95. The fourth-order valence-corrected chi connectivity index (χ4v) is 3.28. The zero-order valence-electron chi connectivity index (χ0n) is 18.3. The SMILES string of the molecule is CC(O)C(NC(=O)C(Cc1c[nH]c2ccccc12)NC(=O)CN)C(=O)NC(CC(=O)O)C(=O)O. The second-order valence-corrected chi connectivity index (χ2v) is 7.61. The Bertz CT molecular complexity index is 1070. The molecule has 0 aliphatic heterocycles. The van der Waals surface area contributed by atoms with Crippen molar-refractivity contribution in [2.75, 3.05) is 6.54 Å². The summed E-state index contributed by atoms with van der Waals surface area (Å²) in [7, 11) is 0. The molecule has 0 saturated carbocycles. The van der Waals surface area contributed by atoms with E-state index < -0.39 is 66.9 Å². The maximum atomic E-state index is 13.0. The highest BCUT2D eigenvalue weighted by atomic mass is 16.4. The van der Waals surface area contributed by atoms with Crippen molar-refractivity contribution in [1.29, 1.82) is 0 Å². The number of nitrogens with one attached hydrogen (secondary N) is 4. The normalized spacial score (nSPS) is 14.4. The van der Waals surface area contributed by atoms with Crippen LogP contribution < -0.4 is 21.7 Å². The molecule has 4 unspecified atom stereocenters. The monoisotopic (exact) mass is 477 g/mol. The number of para-hydroxylation sites is 1. The molecule has 13 nitrogen and oxygen atoms in total. The molecule has 1 aromatic carbocycles. The molecule has 34 heavy (non-hydrogen) atoms. The molecule has 2 aromatic rings. The number of fused-ring (bicyclic) bond motifs is 1. The summed E-state index contributed by atoms with van der Waals surface area (Å²) in [5, 5.41) is 35.5. The Balaban J connectivity index is 2.22. The third-order valence-electron chi connectivity index (χ3n) is 4.99. The standard InChI is InChI=1S/C21H27N5O8/c1-10(27)18(20(32)25-15(21(33)34)7-17(29)30)26-19(31)14(24-16(28)8-22)6-11-9-23-13-5-3-2-4-12(11)13/h2-5,9-10,14-15,18,23,27H,6-8,22H2,1H3,(H,24,28)(H,25,32)(H,26,31)(H,29,30)(H,33,34). The molecule has 4 atom stereocenters. The zero-order chi connectivity index (χ0) is 25.4. The van der Waals surface area contributed by atoms with Gasteiger partial charge < -0.3 is 42.0 Å². The minimum Gasteiger partial charge on any atom is -0.481 e. The van der Waals surface area contributed by atoms with Crippen LogP contribution in [0.4, 0.5) is 0 Å². The van der Waals surface area contributed by atoms with Gasteiger partial charge in [0.15, 0.2) is 0 Å². The summed E-state index contributed by atoms with van der Waals surface area (Å²) in [6.07, 6.45) is -0.687. The van der Waals surface area contributed by atoms with Crippen molar-refractivity contribution in [3.05, 3.63) is 36.0 Å². The van der Waals surface area contributed by atoms with Crippen molar-refractivity contribution in [2.45, 2.75) is 44.0 Å². The number of carboxylic acids is 2. The Kier molecular flexibility index (Phi) is 9.10. The molecule has 0 bridgehead atoms. The summed E-state index contributed by atoms with van der Waals surface area (Å²) in [6.45, 7) is 0.790. The molecule has 1 heterocycles. The highest BCUT2D eigenvalue weighted by Gasteiger charge is 2.33. The lowest BCUT2D eigenvalue weighted by atomic mass is 10.0. The number of hydrogen-bond acceptors (Lipinski definition) is 7. The second-order valence-electron chi connectivity index (χ2n) is 7.61. The van der Waals surface area contributed by atoms with E-state index in [1.807, 2.05) is 23.5 Å². The molecule has 0 radical (unpaired) electrons. The lowest BCUT2D eigenvalue weighted by molar-refractivity contribution is -0.148. The largest absolute Gasteiger partial charge is 0.481 e. The van der Waals surface area contributed by atoms with E-state index in [0.717, 1.165) is 10.9 Å². The first-order valence-corrected chi connectivity index (χ1v) is 10.3. The van der Waals surface area contributed by atoms with Gasteiger partial charge in [0.2, 0.25) is 17.7 Å². The molecule has 1 aromatic heterocycles. The molecule has 0 aliphatic carbocycles. The smallest absolute Gasteiger partial charge is 0.326 e. The summed E-state index contributed by atoms with van der Waals surface area (Å²) < 4.78 is 0. The van der Waals surface area contributed by atoms with E-state index in [4.69, 9.17) is 15.9 Å². The summed E-state index contributed by atoms with van der Waals surface area (Å²) in [5.41, 5.74) is 6.85. The number of carboxylic acid groups (broad SMARTS) is 2. The number of H-pyrrole nitrogens is 1. The molecule has 13 heteroatoms. The van der Waals surface area contributed by atoms with Gasteiger partial charge in [-0.15, -0.1) is 0 Å². The minimum atomic E-state index is -1.78. The van der Waals surface area contributed by atoms with Crippen molar-refractivity contribution in [2.24, 2.45) is 5.73 Å². The highest BCUT2D eigenvalue weighted by Crippen LogP contribution is 2.19. The van der Waals surface area contributed by atoms with Gasteiger partial charge >= 0.3 is 11.9 Å². The molecule has 0 spiro atoms. The number of rotatable bonds is 12. The van der Waals surface area contributed by atoms with Crippen LogP contribution in [-0.4, -0.2) is 80.7 Å². The van der Waals surface area contributed by atoms with Crippen LogP contribution in [0.15, 0.2) is 30.5 Å². The van der Waals surface area contributed by atoms with Crippen LogP contribution in [0.5, 0.6) is 0 Å². The molecule has 2 rings (SSSR count). The Morgan fingerprint density at radius 3 is 2.26 bits per heavy atom. The Hall–Kier alpha value is -3.97. The van der Waals surface area contributed by atoms with Crippen LogP contribution >= 0.6 is 0 Å².